The second kappa shape index (κ2) is 8.78. The monoisotopic (exact) mass is 460 g/mol. The van der Waals surface area contributed by atoms with Crippen molar-refractivity contribution in [3.63, 3.8) is 0 Å². The molecule has 0 radical (unpaired) electrons. The molecule has 174 valence electrons. The number of carbonyl (C=O) groups is 4. The smallest absolute Gasteiger partial charge is 0.316 e. The molecule has 2 aromatic rings. The fraction of sp³-hybridized carbons (Fsp3) is 0.308. The average Bonchev–Trinajstić information content (AvgIpc) is 3.37. The molecule has 3 amide bonds. The van der Waals surface area contributed by atoms with Crippen LogP contribution in [0.3, 0.4) is 0 Å². The number of hydrogen-bond donors (Lipinski definition) is 0. The Morgan fingerprint density at radius 3 is 1.97 bits per heavy atom. The van der Waals surface area contributed by atoms with Crippen LogP contribution in [0.5, 0.6) is 11.5 Å². The molecule has 8 nitrogen and oxygen atoms in total. The third-order valence-electron chi connectivity index (χ3n) is 6.66. The summed E-state index contributed by atoms with van der Waals surface area (Å²) in [4.78, 5) is 53.5. The fourth-order valence-electron chi connectivity index (χ4n) is 4.79. The van der Waals surface area contributed by atoms with E-state index < -0.39 is 11.9 Å². The molecule has 2 aromatic carbocycles. The van der Waals surface area contributed by atoms with Gasteiger partial charge in [0.05, 0.1) is 30.6 Å². The zero-order valence-corrected chi connectivity index (χ0v) is 18.7. The van der Waals surface area contributed by atoms with Crippen molar-refractivity contribution in [1.82, 2.24) is 0 Å². The molecule has 5 rings (SSSR count). The molecule has 0 bridgehead atoms. The minimum absolute atomic E-state index is 0.0660. The SMILES string of the molecule is COc1ccc(N2C[C@H](C(=O)Oc3ccc(N4C(=O)[C@@H]5CC=CC[C@H]5C4=O)cc3)CC2=O)cc1. The topological polar surface area (TPSA) is 93.2 Å². The number of fused-ring (bicyclic) bond motifs is 1. The van der Waals surface area contributed by atoms with E-state index in [-0.39, 0.29) is 42.5 Å². The van der Waals surface area contributed by atoms with Gasteiger partial charge in [0.25, 0.3) is 0 Å². The maximum absolute atomic E-state index is 12.7. The van der Waals surface area contributed by atoms with E-state index >= 15 is 0 Å². The van der Waals surface area contributed by atoms with Gasteiger partial charge in [0.1, 0.15) is 11.5 Å². The number of methoxy groups -OCH3 is 1. The van der Waals surface area contributed by atoms with Gasteiger partial charge in [-0.1, -0.05) is 12.2 Å². The van der Waals surface area contributed by atoms with E-state index in [1.54, 1.807) is 60.5 Å². The second-order valence-electron chi connectivity index (χ2n) is 8.69. The van der Waals surface area contributed by atoms with E-state index in [2.05, 4.69) is 0 Å². The summed E-state index contributed by atoms with van der Waals surface area (Å²) in [6.07, 6.45) is 5.12. The van der Waals surface area contributed by atoms with Crippen molar-refractivity contribution in [2.75, 3.05) is 23.5 Å². The third-order valence-corrected chi connectivity index (χ3v) is 6.66. The molecule has 0 aromatic heterocycles. The molecule has 2 aliphatic heterocycles. The molecule has 3 atom stereocenters. The highest BCUT2D eigenvalue weighted by atomic mass is 16.5. The third kappa shape index (κ3) is 3.85. The number of allylic oxidation sites excluding steroid dienone is 2. The van der Waals surface area contributed by atoms with Crippen LogP contribution >= 0.6 is 0 Å². The van der Waals surface area contributed by atoms with E-state index in [1.165, 1.54) is 4.90 Å². The van der Waals surface area contributed by atoms with Crippen LogP contribution in [-0.4, -0.2) is 37.3 Å². The number of nitrogens with zero attached hydrogens (tertiary/aromatic N) is 2. The van der Waals surface area contributed by atoms with Gasteiger partial charge in [-0.25, -0.2) is 0 Å². The molecule has 1 aliphatic carbocycles. The number of ether oxygens (including phenoxy) is 2. The number of hydrogen-bond acceptors (Lipinski definition) is 6. The first-order chi connectivity index (χ1) is 16.5. The van der Waals surface area contributed by atoms with Gasteiger partial charge < -0.3 is 14.4 Å². The molecule has 3 aliphatic rings. The summed E-state index contributed by atoms with van der Waals surface area (Å²) in [5.74, 6) is -1.24. The summed E-state index contributed by atoms with van der Waals surface area (Å²) in [6, 6.07) is 13.4. The Morgan fingerprint density at radius 1 is 0.824 bits per heavy atom. The Hall–Kier alpha value is -3.94. The minimum Gasteiger partial charge on any atom is -0.497 e. The van der Waals surface area contributed by atoms with Crippen LogP contribution in [0.4, 0.5) is 11.4 Å². The van der Waals surface area contributed by atoms with Crippen LogP contribution in [0.25, 0.3) is 0 Å². The Kier molecular flexibility index (Phi) is 5.65. The number of esters is 1. The normalized spacial score (nSPS) is 23.9. The summed E-state index contributed by atoms with van der Waals surface area (Å²) >= 11 is 0. The van der Waals surface area contributed by atoms with Crippen LogP contribution in [0.2, 0.25) is 0 Å². The molecule has 2 fully saturated rings. The molecule has 8 heteroatoms. The summed E-state index contributed by atoms with van der Waals surface area (Å²) in [5.41, 5.74) is 1.16. The zero-order chi connectivity index (χ0) is 23.8. The predicted molar refractivity (Wildman–Crippen MR) is 123 cm³/mol. The van der Waals surface area contributed by atoms with Crippen molar-refractivity contribution in [2.45, 2.75) is 19.3 Å². The summed E-state index contributed by atoms with van der Waals surface area (Å²) < 4.78 is 10.6. The minimum atomic E-state index is -0.591. The van der Waals surface area contributed by atoms with Crippen molar-refractivity contribution < 1.29 is 28.7 Å². The van der Waals surface area contributed by atoms with Gasteiger partial charge in [-0.15, -0.1) is 0 Å². The first kappa shape index (κ1) is 21.9. The van der Waals surface area contributed by atoms with Crippen LogP contribution in [0.15, 0.2) is 60.7 Å². The van der Waals surface area contributed by atoms with E-state index in [1.807, 2.05) is 12.2 Å². The van der Waals surface area contributed by atoms with Gasteiger partial charge in [0.2, 0.25) is 17.7 Å². The molecule has 2 saturated heterocycles. The van der Waals surface area contributed by atoms with Gasteiger partial charge in [-0.3, -0.25) is 24.1 Å². The lowest BCUT2D eigenvalue weighted by Crippen LogP contribution is -2.30. The largest absolute Gasteiger partial charge is 0.497 e. The predicted octanol–water partition coefficient (Wildman–Crippen LogP) is 3.11. The number of amides is 3. The molecule has 0 unspecified atom stereocenters. The molecule has 0 saturated carbocycles. The molecule has 2 heterocycles. The molecular formula is C26H24N2O6. The number of rotatable bonds is 5. The van der Waals surface area contributed by atoms with Crippen molar-refractivity contribution in [2.24, 2.45) is 17.8 Å². The Balaban J connectivity index is 1.23. The Bertz CT molecular complexity index is 1140. The maximum Gasteiger partial charge on any atom is 0.316 e. The highest BCUT2D eigenvalue weighted by molar-refractivity contribution is 6.22. The maximum atomic E-state index is 12.7. The Morgan fingerprint density at radius 2 is 1.38 bits per heavy atom. The lowest BCUT2D eigenvalue weighted by atomic mass is 9.85. The molecule has 34 heavy (non-hydrogen) atoms. The Labute approximate surface area is 196 Å². The van der Waals surface area contributed by atoms with Gasteiger partial charge in [-0.05, 0) is 61.4 Å². The molecule has 0 N–H and O–H groups in total. The first-order valence-corrected chi connectivity index (χ1v) is 11.2. The average molecular weight is 460 g/mol. The van der Waals surface area contributed by atoms with Crippen LogP contribution in [0.1, 0.15) is 19.3 Å². The zero-order valence-electron chi connectivity index (χ0n) is 18.7. The van der Waals surface area contributed by atoms with Gasteiger partial charge in [0.15, 0.2) is 0 Å². The van der Waals surface area contributed by atoms with Crippen LogP contribution in [0, 0.1) is 17.8 Å². The number of benzene rings is 2. The molecular weight excluding hydrogens is 436 g/mol. The quantitative estimate of drug-likeness (QED) is 0.295. The van der Waals surface area contributed by atoms with Gasteiger partial charge in [0, 0.05) is 18.7 Å². The van der Waals surface area contributed by atoms with E-state index in [4.69, 9.17) is 9.47 Å². The van der Waals surface area contributed by atoms with E-state index in [9.17, 15) is 19.2 Å². The van der Waals surface area contributed by atoms with Crippen molar-refractivity contribution in [3.05, 3.63) is 60.7 Å². The van der Waals surface area contributed by atoms with Crippen molar-refractivity contribution >= 4 is 35.1 Å². The van der Waals surface area contributed by atoms with Crippen molar-refractivity contribution in [3.8, 4) is 11.5 Å². The van der Waals surface area contributed by atoms with E-state index in [0.717, 1.165) is 0 Å². The standard InChI is InChI=1S/C26H24N2O6/c1-33-19-10-6-17(7-11-19)27-15-16(14-23(27)29)26(32)34-20-12-8-18(9-13-20)28-24(30)21-4-2-3-5-22(21)25(28)31/h2-3,6-13,16,21-22H,4-5,14-15H2,1H3/t16-,21-,22-/m1/s1. The number of anilines is 2. The van der Waals surface area contributed by atoms with Crippen LogP contribution < -0.4 is 19.3 Å². The summed E-state index contributed by atoms with van der Waals surface area (Å²) in [7, 11) is 1.57. The number of carbonyl (C=O) groups excluding carboxylic acids is 4. The highest BCUT2D eigenvalue weighted by Crippen LogP contribution is 2.38. The number of imide groups is 1. The lowest BCUT2D eigenvalue weighted by Gasteiger charge is -2.17. The summed E-state index contributed by atoms with van der Waals surface area (Å²) in [5, 5.41) is 0. The molecule has 0 spiro atoms. The highest BCUT2D eigenvalue weighted by Gasteiger charge is 2.47. The first-order valence-electron chi connectivity index (χ1n) is 11.2. The van der Waals surface area contributed by atoms with Gasteiger partial charge in [-0.2, -0.15) is 0 Å². The van der Waals surface area contributed by atoms with Gasteiger partial charge >= 0.3 is 5.97 Å². The summed E-state index contributed by atoms with van der Waals surface area (Å²) in [6.45, 7) is 0.232. The van der Waals surface area contributed by atoms with Crippen molar-refractivity contribution in [1.29, 1.82) is 0 Å². The fourth-order valence-corrected chi connectivity index (χ4v) is 4.79. The van der Waals surface area contributed by atoms with E-state index in [0.29, 0.717) is 35.7 Å². The lowest BCUT2D eigenvalue weighted by molar-refractivity contribution is -0.139. The second-order valence-corrected chi connectivity index (χ2v) is 8.69. The van der Waals surface area contributed by atoms with Crippen LogP contribution in [-0.2, 0) is 19.2 Å².